The van der Waals surface area contributed by atoms with Gasteiger partial charge in [-0.1, -0.05) is 18.5 Å². The largest absolute Gasteiger partial charge is 0.368 e. The Morgan fingerprint density at radius 3 is 2.89 bits per heavy atom. The van der Waals surface area contributed by atoms with Crippen LogP contribution in [0.15, 0.2) is 18.7 Å². The van der Waals surface area contributed by atoms with Gasteiger partial charge >= 0.3 is 0 Å². The highest BCUT2D eigenvalue weighted by Gasteiger charge is 2.08. The third kappa shape index (κ3) is 3.67. The van der Waals surface area contributed by atoms with Gasteiger partial charge in [-0.15, -0.1) is 0 Å². The molecule has 0 bridgehead atoms. The molecule has 102 valence electrons. The van der Waals surface area contributed by atoms with Gasteiger partial charge in [0.2, 0.25) is 0 Å². The number of hydrogen-bond acceptors (Lipinski definition) is 4. The molecular weight excluding hydrogens is 262 g/mol. The summed E-state index contributed by atoms with van der Waals surface area (Å²) in [5, 5.41) is 3.84. The van der Waals surface area contributed by atoms with E-state index in [2.05, 4.69) is 27.2 Å². The first-order valence-electron chi connectivity index (χ1n) is 6.43. The lowest BCUT2D eigenvalue weighted by molar-refractivity contribution is 0.723. The van der Waals surface area contributed by atoms with Crippen LogP contribution in [0.1, 0.15) is 24.7 Å². The highest BCUT2D eigenvalue weighted by Crippen LogP contribution is 2.20. The average Bonchev–Trinajstić information content (AvgIpc) is 2.88. The van der Waals surface area contributed by atoms with Crippen LogP contribution in [0.5, 0.6) is 0 Å². The van der Waals surface area contributed by atoms with Crippen molar-refractivity contribution < 1.29 is 0 Å². The van der Waals surface area contributed by atoms with Crippen molar-refractivity contribution in [3.63, 3.8) is 0 Å². The SMILES string of the molecule is CCCc1nc(Cl)c(C)c(NCCn2ccnc2)n1. The topological polar surface area (TPSA) is 55.6 Å². The molecule has 0 aliphatic heterocycles. The fourth-order valence-electron chi connectivity index (χ4n) is 1.76. The van der Waals surface area contributed by atoms with E-state index in [1.54, 1.807) is 12.5 Å². The highest BCUT2D eigenvalue weighted by molar-refractivity contribution is 6.30. The molecule has 0 aliphatic carbocycles. The van der Waals surface area contributed by atoms with Crippen molar-refractivity contribution in [3.8, 4) is 0 Å². The van der Waals surface area contributed by atoms with Crippen LogP contribution in [0, 0.1) is 6.92 Å². The Morgan fingerprint density at radius 2 is 2.21 bits per heavy atom. The Kier molecular flexibility index (Phi) is 4.74. The van der Waals surface area contributed by atoms with Crippen molar-refractivity contribution in [2.45, 2.75) is 33.2 Å². The van der Waals surface area contributed by atoms with Gasteiger partial charge in [-0.3, -0.25) is 0 Å². The first kappa shape index (κ1) is 13.8. The van der Waals surface area contributed by atoms with Gasteiger partial charge in [-0.2, -0.15) is 0 Å². The minimum Gasteiger partial charge on any atom is -0.368 e. The molecule has 0 aliphatic rings. The predicted molar refractivity (Wildman–Crippen MR) is 76.5 cm³/mol. The number of anilines is 1. The molecule has 0 radical (unpaired) electrons. The van der Waals surface area contributed by atoms with E-state index in [1.807, 2.05) is 17.7 Å². The van der Waals surface area contributed by atoms with E-state index >= 15 is 0 Å². The predicted octanol–water partition coefficient (Wildman–Crippen LogP) is 2.70. The fourth-order valence-corrected chi connectivity index (χ4v) is 1.95. The summed E-state index contributed by atoms with van der Waals surface area (Å²) in [5.41, 5.74) is 0.896. The Balaban J connectivity index is 2.02. The van der Waals surface area contributed by atoms with Crippen molar-refractivity contribution in [1.82, 2.24) is 19.5 Å². The molecule has 0 saturated heterocycles. The molecule has 0 fully saturated rings. The van der Waals surface area contributed by atoms with Crippen molar-refractivity contribution in [3.05, 3.63) is 35.3 Å². The summed E-state index contributed by atoms with van der Waals surface area (Å²) in [6.07, 6.45) is 7.35. The van der Waals surface area contributed by atoms with E-state index in [0.717, 1.165) is 43.1 Å². The van der Waals surface area contributed by atoms with Crippen LogP contribution in [-0.2, 0) is 13.0 Å². The summed E-state index contributed by atoms with van der Waals surface area (Å²) in [6.45, 7) is 5.64. The van der Waals surface area contributed by atoms with Gasteiger partial charge in [0.05, 0.1) is 6.33 Å². The number of rotatable bonds is 6. The summed E-state index contributed by atoms with van der Waals surface area (Å²) < 4.78 is 2.01. The Morgan fingerprint density at radius 1 is 1.37 bits per heavy atom. The number of nitrogens with one attached hydrogen (secondary N) is 1. The molecule has 0 aromatic carbocycles. The van der Waals surface area contributed by atoms with Gasteiger partial charge in [-0.05, 0) is 13.3 Å². The first-order valence-corrected chi connectivity index (χ1v) is 6.81. The molecule has 1 N–H and O–H groups in total. The number of aryl methyl sites for hydroxylation is 1. The van der Waals surface area contributed by atoms with Crippen LogP contribution < -0.4 is 5.32 Å². The van der Waals surface area contributed by atoms with E-state index < -0.39 is 0 Å². The molecule has 0 atom stereocenters. The van der Waals surface area contributed by atoms with Gasteiger partial charge in [0.15, 0.2) is 0 Å². The van der Waals surface area contributed by atoms with E-state index in [-0.39, 0.29) is 0 Å². The average molecular weight is 280 g/mol. The van der Waals surface area contributed by atoms with Gasteiger partial charge in [0.1, 0.15) is 16.8 Å². The quantitative estimate of drug-likeness (QED) is 0.826. The monoisotopic (exact) mass is 279 g/mol. The van der Waals surface area contributed by atoms with Crippen LogP contribution in [0.2, 0.25) is 5.15 Å². The molecule has 2 heterocycles. The molecule has 2 aromatic heterocycles. The second-order valence-electron chi connectivity index (χ2n) is 4.38. The minimum atomic E-state index is 0.531. The maximum Gasteiger partial charge on any atom is 0.137 e. The number of imidazole rings is 1. The number of halogens is 1. The highest BCUT2D eigenvalue weighted by atomic mass is 35.5. The van der Waals surface area contributed by atoms with Crippen molar-refractivity contribution in [1.29, 1.82) is 0 Å². The van der Waals surface area contributed by atoms with Crippen molar-refractivity contribution in [2.75, 3.05) is 11.9 Å². The van der Waals surface area contributed by atoms with Gasteiger partial charge in [-0.25, -0.2) is 15.0 Å². The number of hydrogen-bond donors (Lipinski definition) is 1. The van der Waals surface area contributed by atoms with Gasteiger partial charge < -0.3 is 9.88 Å². The normalized spacial score (nSPS) is 10.7. The zero-order chi connectivity index (χ0) is 13.7. The van der Waals surface area contributed by atoms with Crippen molar-refractivity contribution in [2.24, 2.45) is 0 Å². The number of nitrogens with zero attached hydrogens (tertiary/aromatic N) is 4. The standard InChI is InChI=1S/C13H18ClN5/c1-3-4-11-17-12(14)10(2)13(18-11)16-6-8-19-7-5-15-9-19/h5,7,9H,3-4,6,8H2,1-2H3,(H,16,17,18). The third-order valence-corrected chi connectivity index (χ3v) is 3.20. The van der Waals surface area contributed by atoms with Crippen LogP contribution in [0.3, 0.4) is 0 Å². The molecular formula is C13H18ClN5. The maximum atomic E-state index is 6.13. The molecule has 2 rings (SSSR count). The van der Waals surface area contributed by atoms with Gasteiger partial charge in [0, 0.05) is 37.5 Å². The Bertz CT molecular complexity index is 524. The minimum absolute atomic E-state index is 0.531. The maximum absolute atomic E-state index is 6.13. The Labute approximate surface area is 118 Å². The molecule has 0 spiro atoms. The molecule has 6 heteroatoms. The summed E-state index contributed by atoms with van der Waals surface area (Å²) in [5.74, 6) is 1.62. The van der Waals surface area contributed by atoms with E-state index in [4.69, 9.17) is 11.6 Å². The Hall–Kier alpha value is -1.62. The lowest BCUT2D eigenvalue weighted by Gasteiger charge is -2.11. The van der Waals surface area contributed by atoms with E-state index in [1.165, 1.54) is 0 Å². The smallest absolute Gasteiger partial charge is 0.137 e. The zero-order valence-corrected chi connectivity index (χ0v) is 12.0. The fraction of sp³-hybridized carbons (Fsp3) is 0.462. The summed E-state index contributed by atoms with van der Waals surface area (Å²) >= 11 is 6.13. The number of aromatic nitrogens is 4. The second-order valence-corrected chi connectivity index (χ2v) is 4.74. The molecule has 5 nitrogen and oxygen atoms in total. The van der Waals surface area contributed by atoms with Crippen LogP contribution in [0.25, 0.3) is 0 Å². The van der Waals surface area contributed by atoms with E-state index in [0.29, 0.717) is 5.15 Å². The van der Waals surface area contributed by atoms with Gasteiger partial charge in [0.25, 0.3) is 0 Å². The lowest BCUT2D eigenvalue weighted by Crippen LogP contribution is -2.12. The van der Waals surface area contributed by atoms with Crippen LogP contribution >= 0.6 is 11.6 Å². The molecule has 19 heavy (non-hydrogen) atoms. The summed E-state index contributed by atoms with van der Waals surface area (Å²) in [4.78, 5) is 12.8. The molecule has 0 saturated carbocycles. The first-order chi connectivity index (χ1) is 9.20. The second kappa shape index (κ2) is 6.52. The molecule has 2 aromatic rings. The van der Waals surface area contributed by atoms with Crippen LogP contribution in [0.4, 0.5) is 5.82 Å². The van der Waals surface area contributed by atoms with Crippen LogP contribution in [-0.4, -0.2) is 26.1 Å². The lowest BCUT2D eigenvalue weighted by atomic mass is 10.3. The zero-order valence-electron chi connectivity index (χ0n) is 11.2. The van der Waals surface area contributed by atoms with E-state index in [9.17, 15) is 0 Å². The third-order valence-electron chi connectivity index (χ3n) is 2.83. The summed E-state index contributed by atoms with van der Waals surface area (Å²) in [6, 6.07) is 0. The molecule has 0 unspecified atom stereocenters. The van der Waals surface area contributed by atoms with Crippen molar-refractivity contribution >= 4 is 17.4 Å². The summed E-state index contributed by atoms with van der Waals surface area (Å²) in [7, 11) is 0. The molecule has 0 amide bonds.